The molecule has 0 radical (unpaired) electrons. The normalized spacial score (nSPS) is 12.3. The molecule has 0 saturated heterocycles. The van der Waals surface area contributed by atoms with Crippen LogP contribution >= 0.6 is 0 Å². The topological polar surface area (TPSA) is 58.2 Å². The highest BCUT2D eigenvalue weighted by Gasteiger charge is 2.38. The van der Waals surface area contributed by atoms with E-state index in [4.69, 9.17) is 0 Å². The molecule has 0 saturated carbocycles. The number of nitrogens with one attached hydrogen (secondary N) is 2. The summed E-state index contributed by atoms with van der Waals surface area (Å²) < 4.78 is 36.5. The number of anilines is 2. The van der Waals surface area contributed by atoms with Gasteiger partial charge in [-0.25, -0.2) is 0 Å². The third-order valence-corrected chi connectivity index (χ3v) is 3.54. The van der Waals surface area contributed by atoms with Crippen molar-refractivity contribution in [1.82, 2.24) is 0 Å². The van der Waals surface area contributed by atoms with Gasteiger partial charge in [0.1, 0.15) is 0 Å². The van der Waals surface area contributed by atoms with E-state index >= 15 is 0 Å². The Bertz CT molecular complexity index is 728. The van der Waals surface area contributed by atoms with Gasteiger partial charge in [0.15, 0.2) is 0 Å². The lowest BCUT2D eigenvalue weighted by molar-refractivity contribution is -0.167. The third-order valence-electron chi connectivity index (χ3n) is 3.54. The molecule has 2 amide bonds. The van der Waals surface area contributed by atoms with Crippen LogP contribution in [0.5, 0.6) is 0 Å². The van der Waals surface area contributed by atoms with E-state index in [1.165, 1.54) is 24.3 Å². The Morgan fingerprint density at radius 3 is 1.96 bits per heavy atom. The second-order valence-corrected chi connectivity index (χ2v) is 5.59. The van der Waals surface area contributed by atoms with Crippen molar-refractivity contribution in [1.29, 1.82) is 0 Å². The van der Waals surface area contributed by atoms with Gasteiger partial charge in [-0.05, 0) is 35.7 Å². The highest BCUT2D eigenvalue weighted by molar-refractivity contribution is 5.95. The first kappa shape index (κ1) is 18.5. The van der Waals surface area contributed by atoms with Crippen molar-refractivity contribution < 1.29 is 22.8 Å². The molecular weight excluding hydrogens is 333 g/mol. The Morgan fingerprint density at radius 2 is 1.44 bits per heavy atom. The summed E-state index contributed by atoms with van der Waals surface area (Å²) in [4.78, 5) is 22.9. The van der Waals surface area contributed by atoms with Crippen LogP contribution in [0.1, 0.15) is 24.8 Å². The molecule has 2 aromatic carbocycles. The summed E-state index contributed by atoms with van der Waals surface area (Å²) in [5.41, 5.74) is 1.48. The van der Waals surface area contributed by atoms with Crippen LogP contribution in [-0.2, 0) is 9.59 Å². The summed E-state index contributed by atoms with van der Waals surface area (Å²) in [5, 5.41) is 4.42. The van der Waals surface area contributed by atoms with E-state index in [0.29, 0.717) is 5.69 Å². The van der Waals surface area contributed by atoms with E-state index in [1.54, 1.807) is 5.32 Å². The van der Waals surface area contributed by atoms with Gasteiger partial charge in [-0.3, -0.25) is 9.59 Å². The van der Waals surface area contributed by atoms with Gasteiger partial charge in [0.2, 0.25) is 5.91 Å². The maximum Gasteiger partial charge on any atom is 0.471 e. The lowest BCUT2D eigenvalue weighted by Crippen LogP contribution is -2.29. The highest BCUT2D eigenvalue weighted by Crippen LogP contribution is 2.21. The fourth-order valence-corrected chi connectivity index (χ4v) is 2.23. The number of hydrogen-bond donors (Lipinski definition) is 2. The number of carbonyl (C=O) groups is 2. The first-order valence-electron chi connectivity index (χ1n) is 7.59. The average molecular weight is 350 g/mol. The maximum absolute atomic E-state index is 12.2. The molecule has 0 aliphatic rings. The minimum absolute atomic E-state index is 0.00187. The van der Waals surface area contributed by atoms with Gasteiger partial charge in [0, 0.05) is 17.8 Å². The van der Waals surface area contributed by atoms with Crippen molar-refractivity contribution >= 4 is 23.2 Å². The second kappa shape index (κ2) is 7.83. The van der Waals surface area contributed by atoms with Gasteiger partial charge < -0.3 is 10.6 Å². The number of hydrogen-bond acceptors (Lipinski definition) is 2. The molecule has 0 fully saturated rings. The van der Waals surface area contributed by atoms with Crippen molar-refractivity contribution in [2.45, 2.75) is 25.4 Å². The van der Waals surface area contributed by atoms with Crippen LogP contribution < -0.4 is 10.6 Å². The highest BCUT2D eigenvalue weighted by atomic mass is 19.4. The zero-order valence-electron chi connectivity index (χ0n) is 13.4. The predicted octanol–water partition coefficient (Wildman–Crippen LogP) is 4.32. The number of halogens is 3. The summed E-state index contributed by atoms with van der Waals surface area (Å²) in [5.74, 6) is -2.21. The van der Waals surface area contributed by atoms with E-state index in [9.17, 15) is 22.8 Å². The molecular formula is C18H17F3N2O2. The number of amides is 2. The summed E-state index contributed by atoms with van der Waals surface area (Å²) >= 11 is 0. The van der Waals surface area contributed by atoms with Gasteiger partial charge in [-0.1, -0.05) is 37.3 Å². The molecule has 0 aliphatic carbocycles. The number of rotatable bonds is 5. The van der Waals surface area contributed by atoms with Crippen molar-refractivity contribution in [2.24, 2.45) is 0 Å². The summed E-state index contributed by atoms with van der Waals surface area (Å²) in [7, 11) is 0. The largest absolute Gasteiger partial charge is 0.471 e. The molecule has 2 aromatic rings. The fraction of sp³-hybridized carbons (Fsp3) is 0.222. The summed E-state index contributed by atoms with van der Waals surface area (Å²) in [6.07, 6.45) is -4.67. The van der Waals surface area contributed by atoms with E-state index in [-0.39, 0.29) is 23.9 Å². The Morgan fingerprint density at radius 1 is 0.920 bits per heavy atom. The van der Waals surface area contributed by atoms with Gasteiger partial charge in [0.25, 0.3) is 0 Å². The van der Waals surface area contributed by atoms with Crippen LogP contribution in [0.4, 0.5) is 24.5 Å². The molecule has 0 heterocycles. The molecule has 0 aliphatic heterocycles. The van der Waals surface area contributed by atoms with Crippen molar-refractivity contribution in [2.75, 3.05) is 10.6 Å². The predicted molar refractivity (Wildman–Crippen MR) is 89.2 cm³/mol. The smallest absolute Gasteiger partial charge is 0.326 e. The minimum atomic E-state index is -4.94. The quantitative estimate of drug-likeness (QED) is 0.844. The molecule has 0 bridgehead atoms. The molecule has 0 aromatic heterocycles. The number of alkyl halides is 3. The van der Waals surface area contributed by atoms with E-state index in [1.807, 2.05) is 37.3 Å². The maximum atomic E-state index is 12.2. The van der Waals surface area contributed by atoms with Gasteiger partial charge >= 0.3 is 12.1 Å². The van der Waals surface area contributed by atoms with Crippen LogP contribution in [0.25, 0.3) is 0 Å². The molecule has 2 N–H and O–H groups in total. The Hall–Kier alpha value is -2.83. The second-order valence-electron chi connectivity index (χ2n) is 5.59. The van der Waals surface area contributed by atoms with Crippen LogP contribution in [0.15, 0.2) is 54.6 Å². The molecule has 7 heteroatoms. The van der Waals surface area contributed by atoms with Crippen molar-refractivity contribution in [3.8, 4) is 0 Å². The van der Waals surface area contributed by atoms with E-state index in [0.717, 1.165) is 5.56 Å². The van der Waals surface area contributed by atoms with Crippen molar-refractivity contribution in [3.63, 3.8) is 0 Å². The third kappa shape index (κ3) is 5.63. The standard InChI is InChI=1S/C18H17F3N2O2/c1-12(13-5-3-2-4-6-13)11-16(24)22-14-7-9-15(10-8-14)23-17(25)18(19,20)21/h2-10,12H,11H2,1H3,(H,22,24)(H,23,25). The van der Waals surface area contributed by atoms with Crippen molar-refractivity contribution in [3.05, 3.63) is 60.2 Å². The Kier molecular flexibility index (Phi) is 5.80. The van der Waals surface area contributed by atoms with Gasteiger partial charge in [0.05, 0.1) is 0 Å². The fourth-order valence-electron chi connectivity index (χ4n) is 2.23. The summed E-state index contributed by atoms with van der Waals surface area (Å²) in [6, 6.07) is 15.0. The minimum Gasteiger partial charge on any atom is -0.326 e. The van der Waals surface area contributed by atoms with Crippen LogP contribution in [0, 0.1) is 0 Å². The average Bonchev–Trinajstić information content (AvgIpc) is 2.56. The first-order valence-corrected chi connectivity index (χ1v) is 7.59. The monoisotopic (exact) mass is 350 g/mol. The van der Waals surface area contributed by atoms with E-state index in [2.05, 4.69) is 5.32 Å². The molecule has 25 heavy (non-hydrogen) atoms. The number of benzene rings is 2. The molecule has 0 spiro atoms. The van der Waals surface area contributed by atoms with Gasteiger partial charge in [-0.15, -0.1) is 0 Å². The Labute approximate surface area is 143 Å². The molecule has 132 valence electrons. The Balaban J connectivity index is 1.90. The van der Waals surface area contributed by atoms with Crippen LogP contribution in [0.3, 0.4) is 0 Å². The number of carbonyl (C=O) groups excluding carboxylic acids is 2. The lowest BCUT2D eigenvalue weighted by atomic mass is 9.97. The molecule has 1 unspecified atom stereocenters. The zero-order chi connectivity index (χ0) is 18.4. The molecule has 4 nitrogen and oxygen atoms in total. The van der Waals surface area contributed by atoms with E-state index < -0.39 is 12.1 Å². The zero-order valence-corrected chi connectivity index (χ0v) is 13.4. The van der Waals surface area contributed by atoms with Gasteiger partial charge in [-0.2, -0.15) is 13.2 Å². The first-order chi connectivity index (χ1) is 11.8. The summed E-state index contributed by atoms with van der Waals surface area (Å²) in [6.45, 7) is 1.94. The van der Waals surface area contributed by atoms with Crippen LogP contribution in [-0.4, -0.2) is 18.0 Å². The SMILES string of the molecule is CC(CC(=O)Nc1ccc(NC(=O)C(F)(F)F)cc1)c1ccccc1. The lowest BCUT2D eigenvalue weighted by Gasteiger charge is -2.12. The molecule has 1 atom stereocenters. The van der Waals surface area contributed by atoms with Crippen LogP contribution in [0.2, 0.25) is 0 Å². The molecule has 2 rings (SSSR count).